The van der Waals surface area contributed by atoms with E-state index in [1.165, 1.54) is 5.56 Å². The van der Waals surface area contributed by atoms with Crippen molar-refractivity contribution in [3.05, 3.63) is 83.6 Å². The second kappa shape index (κ2) is 9.78. The highest BCUT2D eigenvalue weighted by Crippen LogP contribution is 2.20. The fourth-order valence-corrected chi connectivity index (χ4v) is 3.36. The molecule has 0 bridgehead atoms. The average Bonchev–Trinajstić information content (AvgIpc) is 2.79. The third-order valence-electron chi connectivity index (χ3n) is 4.98. The summed E-state index contributed by atoms with van der Waals surface area (Å²) >= 11 is 0. The molecule has 6 nitrogen and oxygen atoms in total. The zero-order chi connectivity index (χ0) is 20.6. The normalized spacial score (nSPS) is 12.4. The van der Waals surface area contributed by atoms with Gasteiger partial charge >= 0.3 is 6.03 Å². The number of carbonyl (C=O) groups is 1. The molecule has 2 amide bonds. The summed E-state index contributed by atoms with van der Waals surface area (Å²) in [7, 11) is 0. The van der Waals surface area contributed by atoms with E-state index in [0.29, 0.717) is 19.6 Å². The van der Waals surface area contributed by atoms with E-state index in [9.17, 15) is 4.79 Å². The summed E-state index contributed by atoms with van der Waals surface area (Å²) in [4.78, 5) is 16.8. The van der Waals surface area contributed by atoms with Gasteiger partial charge in [-0.15, -0.1) is 0 Å². The van der Waals surface area contributed by atoms with E-state index < -0.39 is 0 Å². The number of aryl methyl sites for hydroxylation is 1. The fraction of sp³-hybridized carbons (Fsp3) is 0.250. The van der Waals surface area contributed by atoms with Gasteiger partial charge in [-0.3, -0.25) is 0 Å². The zero-order valence-electron chi connectivity index (χ0n) is 16.9. The molecule has 0 unspecified atom stereocenters. The summed E-state index contributed by atoms with van der Waals surface area (Å²) < 4.78 is 5.77. The molecule has 1 aliphatic heterocycles. The average molecular weight is 402 g/mol. The lowest BCUT2D eigenvalue weighted by Crippen LogP contribution is -2.30. The zero-order valence-corrected chi connectivity index (χ0v) is 16.9. The van der Waals surface area contributed by atoms with E-state index in [-0.39, 0.29) is 6.03 Å². The van der Waals surface area contributed by atoms with Crippen molar-refractivity contribution in [1.29, 1.82) is 0 Å². The number of carbonyl (C=O) groups excluding carboxylic acids is 1. The third kappa shape index (κ3) is 5.50. The second-order valence-electron chi connectivity index (χ2n) is 7.27. The standard InChI is InChI=1S/C24H26N4O2/c29-24(26-16-14-21-9-8-19-7-4-15-25-23(19)27-21)28-20-10-12-22(13-11-20)30-17-18-5-2-1-3-6-18/h1-3,5-6,8-13H,4,7,14-17H2,(H,25,27)(H2,26,28,29). The molecule has 0 saturated carbocycles. The minimum atomic E-state index is -0.232. The van der Waals surface area contributed by atoms with Crippen LogP contribution in [0.2, 0.25) is 0 Å². The molecule has 1 aromatic heterocycles. The summed E-state index contributed by atoms with van der Waals surface area (Å²) in [5, 5.41) is 9.06. The maximum atomic E-state index is 12.1. The smallest absolute Gasteiger partial charge is 0.319 e. The van der Waals surface area contributed by atoms with Crippen LogP contribution >= 0.6 is 0 Å². The topological polar surface area (TPSA) is 75.3 Å². The first kappa shape index (κ1) is 19.8. The van der Waals surface area contributed by atoms with Crippen LogP contribution in [0, 0.1) is 0 Å². The summed E-state index contributed by atoms with van der Waals surface area (Å²) in [6.45, 7) is 2.01. The van der Waals surface area contributed by atoms with E-state index >= 15 is 0 Å². The fourth-order valence-electron chi connectivity index (χ4n) is 3.36. The molecule has 0 atom stereocenters. The van der Waals surface area contributed by atoms with Crippen LogP contribution in [-0.4, -0.2) is 24.1 Å². The SMILES string of the molecule is O=C(NCCc1ccc2c(n1)NCCC2)Nc1ccc(OCc2ccccc2)cc1. The molecular weight excluding hydrogens is 376 g/mol. The molecule has 30 heavy (non-hydrogen) atoms. The van der Waals surface area contributed by atoms with Gasteiger partial charge in [-0.2, -0.15) is 0 Å². The Balaban J connectivity index is 1.20. The van der Waals surface area contributed by atoms with Crippen LogP contribution in [0.3, 0.4) is 0 Å². The van der Waals surface area contributed by atoms with Crippen LogP contribution in [0.5, 0.6) is 5.75 Å². The van der Waals surface area contributed by atoms with Crippen molar-refractivity contribution in [3.8, 4) is 5.75 Å². The van der Waals surface area contributed by atoms with E-state index in [1.54, 1.807) is 0 Å². The Morgan fingerprint density at radius 2 is 1.87 bits per heavy atom. The minimum absolute atomic E-state index is 0.232. The lowest BCUT2D eigenvalue weighted by Gasteiger charge is -2.17. The maximum Gasteiger partial charge on any atom is 0.319 e. The number of benzene rings is 2. The van der Waals surface area contributed by atoms with Crippen molar-refractivity contribution in [2.24, 2.45) is 0 Å². The first-order chi connectivity index (χ1) is 14.8. The number of rotatable bonds is 7. The van der Waals surface area contributed by atoms with Gasteiger partial charge in [0.25, 0.3) is 0 Å². The highest BCUT2D eigenvalue weighted by Gasteiger charge is 2.10. The molecule has 4 rings (SSSR count). The van der Waals surface area contributed by atoms with E-state index in [0.717, 1.165) is 47.9 Å². The number of anilines is 2. The number of hydrogen-bond acceptors (Lipinski definition) is 4. The Hall–Kier alpha value is -3.54. The predicted octanol–water partition coefficient (Wildman–Crippen LogP) is 4.38. The maximum absolute atomic E-state index is 12.1. The van der Waals surface area contributed by atoms with Gasteiger partial charge in [-0.25, -0.2) is 9.78 Å². The first-order valence-corrected chi connectivity index (χ1v) is 10.3. The number of nitrogens with one attached hydrogen (secondary N) is 3. The van der Waals surface area contributed by atoms with Gasteiger partial charge < -0.3 is 20.7 Å². The Morgan fingerprint density at radius 3 is 2.70 bits per heavy atom. The molecule has 2 heterocycles. The second-order valence-corrected chi connectivity index (χ2v) is 7.27. The van der Waals surface area contributed by atoms with Crippen molar-refractivity contribution >= 4 is 17.5 Å². The molecule has 1 aliphatic rings. The lowest BCUT2D eigenvalue weighted by molar-refractivity contribution is 0.252. The van der Waals surface area contributed by atoms with Gasteiger partial charge in [0.15, 0.2) is 0 Å². The minimum Gasteiger partial charge on any atom is -0.489 e. The van der Waals surface area contributed by atoms with Gasteiger partial charge in [0.1, 0.15) is 18.2 Å². The lowest BCUT2D eigenvalue weighted by atomic mass is 10.1. The van der Waals surface area contributed by atoms with Crippen molar-refractivity contribution in [2.75, 3.05) is 23.7 Å². The quantitative estimate of drug-likeness (QED) is 0.548. The molecule has 154 valence electrons. The predicted molar refractivity (Wildman–Crippen MR) is 119 cm³/mol. The first-order valence-electron chi connectivity index (χ1n) is 10.3. The molecule has 0 aliphatic carbocycles. The summed E-state index contributed by atoms with van der Waals surface area (Å²) in [6, 6.07) is 21.3. The van der Waals surface area contributed by atoms with Gasteiger partial charge in [-0.05, 0) is 54.3 Å². The van der Waals surface area contributed by atoms with Crippen molar-refractivity contribution in [2.45, 2.75) is 25.9 Å². The Kier molecular flexibility index (Phi) is 6.44. The van der Waals surface area contributed by atoms with E-state index in [4.69, 9.17) is 4.74 Å². The molecule has 0 radical (unpaired) electrons. The third-order valence-corrected chi connectivity index (χ3v) is 4.98. The molecule has 2 aromatic carbocycles. The van der Waals surface area contributed by atoms with Gasteiger partial charge in [0.05, 0.1) is 0 Å². The Bertz CT molecular complexity index is 974. The number of amides is 2. The molecule has 3 N–H and O–H groups in total. The van der Waals surface area contributed by atoms with Gasteiger partial charge in [-0.1, -0.05) is 36.4 Å². The molecular formula is C24H26N4O2. The molecule has 0 fully saturated rings. The Morgan fingerprint density at radius 1 is 1.03 bits per heavy atom. The summed E-state index contributed by atoms with van der Waals surface area (Å²) in [5.41, 5.74) is 4.08. The monoisotopic (exact) mass is 402 g/mol. The molecule has 0 saturated heterocycles. The summed E-state index contributed by atoms with van der Waals surface area (Å²) in [5.74, 6) is 1.75. The summed E-state index contributed by atoms with van der Waals surface area (Å²) in [6.07, 6.45) is 2.91. The van der Waals surface area contributed by atoms with E-state index in [1.807, 2.05) is 60.7 Å². The number of urea groups is 1. The highest BCUT2D eigenvalue weighted by atomic mass is 16.5. The van der Waals surface area contributed by atoms with Crippen LogP contribution in [0.15, 0.2) is 66.7 Å². The number of nitrogens with zero attached hydrogens (tertiary/aromatic N) is 1. The molecule has 6 heteroatoms. The van der Waals surface area contributed by atoms with Crippen LogP contribution in [0.4, 0.5) is 16.3 Å². The molecule has 0 spiro atoms. The van der Waals surface area contributed by atoms with Crippen LogP contribution in [-0.2, 0) is 19.4 Å². The Labute approximate surface area is 176 Å². The number of hydrogen-bond donors (Lipinski definition) is 3. The van der Waals surface area contributed by atoms with Crippen molar-refractivity contribution < 1.29 is 9.53 Å². The van der Waals surface area contributed by atoms with Gasteiger partial charge in [0, 0.05) is 30.9 Å². The van der Waals surface area contributed by atoms with Crippen LogP contribution in [0.25, 0.3) is 0 Å². The van der Waals surface area contributed by atoms with E-state index in [2.05, 4.69) is 27.0 Å². The van der Waals surface area contributed by atoms with Crippen LogP contribution < -0.4 is 20.7 Å². The number of aromatic nitrogens is 1. The van der Waals surface area contributed by atoms with Gasteiger partial charge in [0.2, 0.25) is 0 Å². The van der Waals surface area contributed by atoms with Crippen molar-refractivity contribution in [3.63, 3.8) is 0 Å². The number of fused-ring (bicyclic) bond motifs is 1. The largest absolute Gasteiger partial charge is 0.489 e. The number of ether oxygens (including phenoxy) is 1. The number of pyridine rings is 1. The highest BCUT2D eigenvalue weighted by molar-refractivity contribution is 5.89. The molecule has 3 aromatic rings. The van der Waals surface area contributed by atoms with Crippen LogP contribution in [0.1, 0.15) is 23.2 Å². The van der Waals surface area contributed by atoms with Crippen molar-refractivity contribution in [1.82, 2.24) is 10.3 Å².